The van der Waals surface area contributed by atoms with Crippen LogP contribution in [0.1, 0.15) is 12.1 Å². The van der Waals surface area contributed by atoms with Crippen LogP contribution < -0.4 is 0 Å². The van der Waals surface area contributed by atoms with E-state index in [9.17, 15) is 0 Å². The molecular formula is C11H13ClN2O. The summed E-state index contributed by atoms with van der Waals surface area (Å²) in [4.78, 5) is 6.76. The summed E-state index contributed by atoms with van der Waals surface area (Å²) in [7, 11) is 0. The van der Waals surface area contributed by atoms with Gasteiger partial charge in [-0.2, -0.15) is 0 Å². The molecule has 2 saturated heterocycles. The average molecular weight is 225 g/mol. The summed E-state index contributed by atoms with van der Waals surface area (Å²) in [6, 6.07) is 4.34. The molecule has 0 spiro atoms. The van der Waals surface area contributed by atoms with Crippen LogP contribution in [0.4, 0.5) is 0 Å². The molecule has 1 aromatic heterocycles. The molecule has 0 radical (unpaired) electrons. The van der Waals surface area contributed by atoms with Crippen LogP contribution in [0.3, 0.4) is 0 Å². The van der Waals surface area contributed by atoms with E-state index in [1.54, 1.807) is 6.20 Å². The second kappa shape index (κ2) is 3.74. The molecule has 0 aromatic carbocycles. The van der Waals surface area contributed by atoms with Crippen LogP contribution in [0.5, 0.6) is 0 Å². The van der Waals surface area contributed by atoms with Crippen molar-refractivity contribution in [2.24, 2.45) is 0 Å². The summed E-state index contributed by atoms with van der Waals surface area (Å²) in [6.07, 6.45) is 3.40. The van der Waals surface area contributed by atoms with Crippen LogP contribution >= 0.6 is 11.6 Å². The highest BCUT2D eigenvalue weighted by Crippen LogP contribution is 2.28. The second-order valence-corrected chi connectivity index (χ2v) is 4.68. The van der Waals surface area contributed by atoms with E-state index in [0.717, 1.165) is 30.4 Å². The Morgan fingerprint density at radius 2 is 2.53 bits per heavy atom. The van der Waals surface area contributed by atoms with Crippen LogP contribution in [0.25, 0.3) is 0 Å². The predicted molar refractivity (Wildman–Crippen MR) is 57.8 cm³/mol. The summed E-state index contributed by atoms with van der Waals surface area (Å²) >= 11 is 5.93. The van der Waals surface area contributed by atoms with Crippen LogP contribution in [-0.4, -0.2) is 35.2 Å². The van der Waals surface area contributed by atoms with Crippen molar-refractivity contribution < 1.29 is 4.74 Å². The van der Waals surface area contributed by atoms with Crippen molar-refractivity contribution in [2.45, 2.75) is 25.1 Å². The minimum Gasteiger partial charge on any atom is -0.375 e. The van der Waals surface area contributed by atoms with Crippen LogP contribution in [0, 0.1) is 0 Å². The van der Waals surface area contributed by atoms with E-state index in [1.807, 2.05) is 12.1 Å². The van der Waals surface area contributed by atoms with Gasteiger partial charge >= 0.3 is 0 Å². The first-order chi connectivity index (χ1) is 7.31. The number of aromatic nitrogens is 1. The molecule has 80 valence electrons. The lowest BCUT2D eigenvalue weighted by Crippen LogP contribution is -2.36. The summed E-state index contributed by atoms with van der Waals surface area (Å²) < 4.78 is 5.56. The van der Waals surface area contributed by atoms with E-state index < -0.39 is 0 Å². The number of hydrogen-bond donors (Lipinski definition) is 0. The summed E-state index contributed by atoms with van der Waals surface area (Å²) in [5.41, 5.74) is 1.05. The van der Waals surface area contributed by atoms with E-state index in [2.05, 4.69) is 9.88 Å². The van der Waals surface area contributed by atoms with E-state index in [-0.39, 0.29) is 0 Å². The molecule has 3 heterocycles. The first-order valence-corrected chi connectivity index (χ1v) is 5.65. The van der Waals surface area contributed by atoms with Gasteiger partial charge in [-0.15, -0.1) is 0 Å². The molecule has 1 aromatic rings. The molecule has 0 amide bonds. The van der Waals surface area contributed by atoms with Gasteiger partial charge in [-0.05, 0) is 18.6 Å². The fourth-order valence-electron chi connectivity index (χ4n) is 2.42. The molecule has 2 aliphatic rings. The van der Waals surface area contributed by atoms with Crippen LogP contribution in [-0.2, 0) is 11.3 Å². The van der Waals surface area contributed by atoms with Gasteiger partial charge in [0.2, 0.25) is 0 Å². The lowest BCUT2D eigenvalue weighted by atomic mass is 10.2. The molecule has 3 rings (SSSR count). The Bertz CT molecular complexity index is 371. The SMILES string of the molecule is Clc1ccnc(CN2CC3CC2CO3)c1. The maximum absolute atomic E-state index is 5.93. The lowest BCUT2D eigenvalue weighted by Gasteiger charge is -2.26. The van der Waals surface area contributed by atoms with Crippen molar-refractivity contribution in [1.82, 2.24) is 9.88 Å². The number of likely N-dealkylation sites (tertiary alicyclic amines) is 1. The molecule has 3 nitrogen and oxygen atoms in total. The second-order valence-electron chi connectivity index (χ2n) is 4.24. The minimum absolute atomic E-state index is 0.453. The smallest absolute Gasteiger partial charge is 0.0718 e. The maximum Gasteiger partial charge on any atom is 0.0718 e. The molecular weight excluding hydrogens is 212 g/mol. The van der Waals surface area contributed by atoms with Gasteiger partial charge in [0, 0.05) is 30.4 Å². The molecule has 2 unspecified atom stereocenters. The Morgan fingerprint density at radius 3 is 3.20 bits per heavy atom. The van der Waals surface area contributed by atoms with Gasteiger partial charge in [-0.25, -0.2) is 0 Å². The Balaban J connectivity index is 1.71. The van der Waals surface area contributed by atoms with E-state index in [1.165, 1.54) is 6.42 Å². The summed E-state index contributed by atoms with van der Waals surface area (Å²) in [5, 5.41) is 0.764. The highest BCUT2D eigenvalue weighted by atomic mass is 35.5. The molecule has 0 N–H and O–H groups in total. The van der Waals surface area contributed by atoms with Crippen molar-refractivity contribution >= 4 is 11.6 Å². The van der Waals surface area contributed by atoms with Gasteiger partial charge in [0.15, 0.2) is 0 Å². The number of nitrogens with zero attached hydrogens (tertiary/aromatic N) is 2. The third-order valence-electron chi connectivity index (χ3n) is 3.16. The first kappa shape index (κ1) is 9.58. The van der Waals surface area contributed by atoms with Crippen molar-refractivity contribution in [2.75, 3.05) is 13.2 Å². The van der Waals surface area contributed by atoms with Gasteiger partial charge in [-0.3, -0.25) is 9.88 Å². The van der Waals surface area contributed by atoms with E-state index in [4.69, 9.17) is 16.3 Å². The molecule has 15 heavy (non-hydrogen) atoms. The fourth-order valence-corrected chi connectivity index (χ4v) is 2.60. The Labute approximate surface area is 94.0 Å². The molecule has 2 fully saturated rings. The zero-order chi connectivity index (χ0) is 10.3. The number of halogens is 1. The fraction of sp³-hybridized carbons (Fsp3) is 0.545. The topological polar surface area (TPSA) is 25.4 Å². The Kier molecular flexibility index (Phi) is 2.39. The Hall–Kier alpha value is -0.640. The zero-order valence-corrected chi connectivity index (χ0v) is 9.15. The molecule has 2 aliphatic heterocycles. The number of fused-ring (bicyclic) bond motifs is 2. The van der Waals surface area contributed by atoms with Crippen molar-refractivity contribution in [1.29, 1.82) is 0 Å². The average Bonchev–Trinajstić information content (AvgIpc) is 2.79. The molecule has 0 saturated carbocycles. The maximum atomic E-state index is 5.93. The minimum atomic E-state index is 0.453. The van der Waals surface area contributed by atoms with Gasteiger partial charge in [0.25, 0.3) is 0 Å². The summed E-state index contributed by atoms with van der Waals surface area (Å²) in [6.45, 7) is 2.81. The van der Waals surface area contributed by atoms with Crippen molar-refractivity contribution in [3.8, 4) is 0 Å². The number of morpholine rings is 1. The number of pyridine rings is 1. The molecule has 4 heteroatoms. The molecule has 2 atom stereocenters. The normalized spacial score (nSPS) is 29.9. The highest BCUT2D eigenvalue weighted by Gasteiger charge is 2.38. The van der Waals surface area contributed by atoms with Gasteiger partial charge < -0.3 is 4.74 Å². The van der Waals surface area contributed by atoms with Crippen LogP contribution in [0.2, 0.25) is 5.02 Å². The van der Waals surface area contributed by atoms with Crippen molar-refractivity contribution in [3.63, 3.8) is 0 Å². The van der Waals surface area contributed by atoms with Gasteiger partial charge in [0.05, 0.1) is 18.4 Å². The monoisotopic (exact) mass is 224 g/mol. The molecule has 2 bridgehead atoms. The number of ether oxygens (including phenoxy) is 1. The van der Waals surface area contributed by atoms with Crippen LogP contribution in [0.15, 0.2) is 18.3 Å². The lowest BCUT2D eigenvalue weighted by molar-refractivity contribution is 0.0268. The van der Waals surface area contributed by atoms with Gasteiger partial charge in [-0.1, -0.05) is 11.6 Å². The largest absolute Gasteiger partial charge is 0.375 e. The molecule has 0 aliphatic carbocycles. The standard InChI is InChI=1S/C11H13ClN2O/c12-8-1-2-13-9(3-8)5-14-6-11-4-10(14)7-15-11/h1-3,10-11H,4-7H2. The third-order valence-corrected chi connectivity index (χ3v) is 3.39. The summed E-state index contributed by atoms with van der Waals surface area (Å²) in [5.74, 6) is 0. The quantitative estimate of drug-likeness (QED) is 0.765. The number of hydrogen-bond acceptors (Lipinski definition) is 3. The van der Waals surface area contributed by atoms with E-state index in [0.29, 0.717) is 12.1 Å². The highest BCUT2D eigenvalue weighted by molar-refractivity contribution is 6.30. The third kappa shape index (κ3) is 1.87. The first-order valence-electron chi connectivity index (χ1n) is 5.27. The number of rotatable bonds is 2. The Morgan fingerprint density at radius 1 is 1.60 bits per heavy atom. The van der Waals surface area contributed by atoms with Gasteiger partial charge in [0.1, 0.15) is 0 Å². The van der Waals surface area contributed by atoms with Crippen molar-refractivity contribution in [3.05, 3.63) is 29.0 Å². The predicted octanol–water partition coefficient (Wildman–Crippen LogP) is 1.71. The van der Waals surface area contributed by atoms with E-state index >= 15 is 0 Å². The zero-order valence-electron chi connectivity index (χ0n) is 8.40.